The molecular weight excluding hydrogens is 258 g/mol. The molecule has 2 rings (SSSR count). The van der Waals surface area contributed by atoms with E-state index in [1.165, 1.54) is 30.1 Å². The van der Waals surface area contributed by atoms with Crippen molar-refractivity contribution in [2.45, 2.75) is 45.4 Å². The van der Waals surface area contributed by atoms with E-state index in [1.54, 1.807) is 11.3 Å². The minimum Gasteiger partial charge on any atom is -0.377 e. The maximum Gasteiger partial charge on any atom is 0.107 e. The second-order valence-electron chi connectivity index (χ2n) is 5.13. The summed E-state index contributed by atoms with van der Waals surface area (Å²) in [6, 6.07) is 0. The van der Waals surface area contributed by atoms with E-state index in [0.717, 1.165) is 32.7 Å². The first-order valence-corrected chi connectivity index (χ1v) is 8.11. The van der Waals surface area contributed by atoms with Gasteiger partial charge in [0.1, 0.15) is 5.01 Å². The maximum absolute atomic E-state index is 5.87. The Morgan fingerprint density at radius 1 is 1.58 bits per heavy atom. The molecule has 1 fully saturated rings. The summed E-state index contributed by atoms with van der Waals surface area (Å²) >= 11 is 1.75. The third-order valence-electron chi connectivity index (χ3n) is 3.33. The van der Waals surface area contributed by atoms with Crippen molar-refractivity contribution < 1.29 is 4.74 Å². The molecule has 5 heteroatoms. The molecule has 0 spiro atoms. The van der Waals surface area contributed by atoms with Gasteiger partial charge in [0.15, 0.2) is 0 Å². The van der Waals surface area contributed by atoms with Crippen molar-refractivity contribution >= 4 is 11.3 Å². The fraction of sp³-hybridized carbons (Fsp3) is 0.786. The van der Waals surface area contributed by atoms with Crippen LogP contribution >= 0.6 is 11.3 Å². The third-order valence-corrected chi connectivity index (χ3v) is 4.23. The van der Waals surface area contributed by atoms with Crippen molar-refractivity contribution in [1.82, 2.24) is 15.2 Å². The maximum atomic E-state index is 5.87. The topological polar surface area (TPSA) is 37.4 Å². The number of likely N-dealkylation sites (tertiary alicyclic amines) is 1. The summed E-state index contributed by atoms with van der Waals surface area (Å²) in [6.07, 6.45) is 3.97. The number of ether oxygens (including phenoxy) is 1. The molecule has 4 nitrogen and oxygen atoms in total. The van der Waals surface area contributed by atoms with Crippen LogP contribution in [0.15, 0.2) is 5.38 Å². The second-order valence-corrected chi connectivity index (χ2v) is 6.08. The first kappa shape index (κ1) is 14.9. The highest BCUT2D eigenvalue weighted by molar-refractivity contribution is 7.09. The molecule has 1 aromatic heterocycles. The molecule has 2 heterocycles. The van der Waals surface area contributed by atoms with E-state index in [1.807, 2.05) is 7.05 Å². The Bertz CT molecular complexity index is 369. The molecule has 1 unspecified atom stereocenters. The summed E-state index contributed by atoms with van der Waals surface area (Å²) in [7, 11) is 1.96. The van der Waals surface area contributed by atoms with Gasteiger partial charge in [-0.2, -0.15) is 0 Å². The average molecular weight is 283 g/mol. The number of aromatic nitrogens is 1. The van der Waals surface area contributed by atoms with Crippen LogP contribution in [0, 0.1) is 0 Å². The number of rotatable bonds is 7. The molecule has 0 amide bonds. The largest absolute Gasteiger partial charge is 0.377 e. The highest BCUT2D eigenvalue weighted by Crippen LogP contribution is 2.17. The number of nitrogens with zero attached hydrogens (tertiary/aromatic N) is 2. The lowest BCUT2D eigenvalue weighted by atomic mass is 10.1. The van der Waals surface area contributed by atoms with Gasteiger partial charge < -0.3 is 10.1 Å². The van der Waals surface area contributed by atoms with Gasteiger partial charge in [-0.15, -0.1) is 11.3 Å². The minimum absolute atomic E-state index is 0.420. The molecule has 0 aromatic carbocycles. The van der Waals surface area contributed by atoms with Crippen LogP contribution in [0.2, 0.25) is 0 Å². The van der Waals surface area contributed by atoms with Gasteiger partial charge in [-0.3, -0.25) is 4.90 Å². The van der Waals surface area contributed by atoms with Gasteiger partial charge in [-0.25, -0.2) is 4.98 Å². The second kappa shape index (κ2) is 7.94. The number of hydrogen-bond donors (Lipinski definition) is 1. The van der Waals surface area contributed by atoms with Crippen LogP contribution in [-0.2, 0) is 17.8 Å². The van der Waals surface area contributed by atoms with E-state index in [4.69, 9.17) is 4.74 Å². The van der Waals surface area contributed by atoms with Gasteiger partial charge in [-0.05, 0) is 32.9 Å². The predicted octanol–water partition coefficient (Wildman–Crippen LogP) is 2.25. The highest BCUT2D eigenvalue weighted by Gasteiger charge is 2.20. The smallest absolute Gasteiger partial charge is 0.107 e. The third kappa shape index (κ3) is 4.84. The molecule has 1 atom stereocenters. The SMILES string of the molecule is CCCOC1CCCN(Cc2csc(CNC)n2)C1. The number of nitrogens with one attached hydrogen (secondary N) is 1. The summed E-state index contributed by atoms with van der Waals surface area (Å²) in [6.45, 7) is 7.11. The Labute approximate surface area is 120 Å². The van der Waals surface area contributed by atoms with Gasteiger partial charge in [-0.1, -0.05) is 6.92 Å². The van der Waals surface area contributed by atoms with Crippen LogP contribution in [0.4, 0.5) is 0 Å². The lowest BCUT2D eigenvalue weighted by molar-refractivity contribution is -0.00248. The Balaban J connectivity index is 1.80. The van der Waals surface area contributed by atoms with Crippen molar-refractivity contribution in [2.24, 2.45) is 0 Å². The Kier molecular flexibility index (Phi) is 6.23. The van der Waals surface area contributed by atoms with Crippen molar-refractivity contribution in [3.8, 4) is 0 Å². The fourth-order valence-electron chi connectivity index (χ4n) is 2.46. The summed E-state index contributed by atoms with van der Waals surface area (Å²) < 4.78 is 5.87. The molecule has 1 N–H and O–H groups in total. The van der Waals surface area contributed by atoms with Gasteiger partial charge in [0.05, 0.1) is 11.8 Å². The Hall–Kier alpha value is -0.490. The molecule has 108 valence electrons. The normalized spacial score (nSPS) is 20.8. The summed E-state index contributed by atoms with van der Waals surface area (Å²) in [4.78, 5) is 7.13. The molecule has 0 bridgehead atoms. The lowest BCUT2D eigenvalue weighted by Crippen LogP contribution is -2.39. The van der Waals surface area contributed by atoms with Gasteiger partial charge in [0.2, 0.25) is 0 Å². The predicted molar refractivity (Wildman–Crippen MR) is 79.4 cm³/mol. The van der Waals surface area contributed by atoms with Crippen molar-refractivity contribution in [3.63, 3.8) is 0 Å². The lowest BCUT2D eigenvalue weighted by Gasteiger charge is -2.32. The van der Waals surface area contributed by atoms with E-state index < -0.39 is 0 Å². The van der Waals surface area contributed by atoms with Crippen molar-refractivity contribution in [2.75, 3.05) is 26.7 Å². The van der Waals surface area contributed by atoms with Crippen LogP contribution in [-0.4, -0.2) is 42.7 Å². The molecule has 1 aliphatic rings. The van der Waals surface area contributed by atoms with Crippen molar-refractivity contribution in [3.05, 3.63) is 16.1 Å². The fourth-order valence-corrected chi connectivity index (χ4v) is 3.26. The quantitative estimate of drug-likeness (QED) is 0.833. The molecule has 0 radical (unpaired) electrons. The molecule has 0 saturated carbocycles. The zero-order valence-corrected chi connectivity index (χ0v) is 12.8. The minimum atomic E-state index is 0.420. The molecule has 19 heavy (non-hydrogen) atoms. The van der Waals surface area contributed by atoms with Crippen LogP contribution < -0.4 is 5.32 Å². The van der Waals surface area contributed by atoms with E-state index in [-0.39, 0.29) is 0 Å². The number of hydrogen-bond acceptors (Lipinski definition) is 5. The van der Waals surface area contributed by atoms with Crippen molar-refractivity contribution in [1.29, 1.82) is 0 Å². The number of piperidine rings is 1. The van der Waals surface area contributed by atoms with E-state index >= 15 is 0 Å². The van der Waals surface area contributed by atoms with Gasteiger partial charge in [0, 0.05) is 31.6 Å². The standard InChI is InChI=1S/C14H25N3OS/c1-3-7-18-13-5-4-6-17(10-13)9-12-11-19-14(16-12)8-15-2/h11,13,15H,3-10H2,1-2H3. The Morgan fingerprint density at radius 2 is 2.47 bits per heavy atom. The van der Waals surface area contributed by atoms with Crippen LogP contribution in [0.5, 0.6) is 0 Å². The number of thiazole rings is 1. The van der Waals surface area contributed by atoms with Gasteiger partial charge >= 0.3 is 0 Å². The molecule has 0 aliphatic carbocycles. The first-order chi connectivity index (χ1) is 9.31. The molecule has 1 aromatic rings. The molecule has 1 aliphatic heterocycles. The highest BCUT2D eigenvalue weighted by atomic mass is 32.1. The van der Waals surface area contributed by atoms with E-state index in [0.29, 0.717) is 6.10 Å². The zero-order chi connectivity index (χ0) is 13.5. The van der Waals surface area contributed by atoms with Crippen LogP contribution in [0.1, 0.15) is 36.9 Å². The Morgan fingerprint density at radius 3 is 3.26 bits per heavy atom. The van der Waals surface area contributed by atoms with Gasteiger partial charge in [0.25, 0.3) is 0 Å². The summed E-state index contributed by atoms with van der Waals surface area (Å²) in [5.74, 6) is 0. The summed E-state index contributed by atoms with van der Waals surface area (Å²) in [5.41, 5.74) is 1.20. The monoisotopic (exact) mass is 283 g/mol. The molecular formula is C14H25N3OS. The van der Waals surface area contributed by atoms with Crippen LogP contribution in [0.3, 0.4) is 0 Å². The van der Waals surface area contributed by atoms with Crippen LogP contribution in [0.25, 0.3) is 0 Å². The summed E-state index contributed by atoms with van der Waals surface area (Å²) in [5, 5.41) is 6.50. The molecule has 1 saturated heterocycles. The zero-order valence-electron chi connectivity index (χ0n) is 12.0. The van der Waals surface area contributed by atoms with E-state index in [9.17, 15) is 0 Å². The first-order valence-electron chi connectivity index (χ1n) is 7.23. The average Bonchev–Trinajstić information content (AvgIpc) is 2.85. The van der Waals surface area contributed by atoms with E-state index in [2.05, 4.69) is 27.5 Å².